The zero-order valence-corrected chi connectivity index (χ0v) is 15.0. The van der Waals surface area contributed by atoms with Crippen LogP contribution in [0.25, 0.3) is 0 Å². The van der Waals surface area contributed by atoms with E-state index in [2.05, 4.69) is 39.0 Å². The van der Waals surface area contributed by atoms with Gasteiger partial charge in [0.05, 0.1) is 0 Å². The Labute approximate surface area is 129 Å². The minimum atomic E-state index is -1.63. The monoisotopic (exact) mass is 311 g/mol. The van der Waals surface area contributed by atoms with Crippen LogP contribution in [0.1, 0.15) is 58.1 Å². The molecule has 4 nitrogen and oxygen atoms in total. The second kappa shape index (κ2) is 6.13. The summed E-state index contributed by atoms with van der Waals surface area (Å²) in [5.41, 5.74) is 0. The molecule has 21 heavy (non-hydrogen) atoms. The number of nitrogens with zero attached hydrogens (tertiary/aromatic N) is 1. The van der Waals surface area contributed by atoms with Crippen molar-refractivity contribution in [1.82, 2.24) is 5.16 Å². The van der Waals surface area contributed by atoms with Crippen LogP contribution < -0.4 is 0 Å². The van der Waals surface area contributed by atoms with Crippen LogP contribution in [0.2, 0.25) is 18.1 Å². The van der Waals surface area contributed by atoms with Crippen molar-refractivity contribution < 1.29 is 14.1 Å². The highest BCUT2D eigenvalue weighted by Gasteiger charge is 2.38. The number of aromatic hydroxyl groups is 1. The summed E-state index contributed by atoms with van der Waals surface area (Å²) in [7, 11) is -1.63. The third-order valence-electron chi connectivity index (χ3n) is 5.25. The predicted molar refractivity (Wildman–Crippen MR) is 86.0 cm³/mol. The van der Waals surface area contributed by atoms with E-state index in [1.54, 1.807) is 6.07 Å². The molecule has 120 valence electrons. The van der Waals surface area contributed by atoms with Crippen LogP contribution in [0.3, 0.4) is 0 Å². The van der Waals surface area contributed by atoms with Gasteiger partial charge in [0.2, 0.25) is 0 Å². The largest absolute Gasteiger partial charge is 0.491 e. The Morgan fingerprint density at radius 3 is 2.38 bits per heavy atom. The van der Waals surface area contributed by atoms with Crippen molar-refractivity contribution in [2.45, 2.75) is 70.5 Å². The minimum absolute atomic E-state index is 0.00613. The van der Waals surface area contributed by atoms with Gasteiger partial charge in [-0.15, -0.1) is 0 Å². The summed E-state index contributed by atoms with van der Waals surface area (Å²) < 4.78 is 11.5. The number of hydrogen-bond donors (Lipinski definition) is 1. The van der Waals surface area contributed by atoms with Crippen LogP contribution in [-0.4, -0.2) is 25.2 Å². The Morgan fingerprint density at radius 2 is 1.90 bits per heavy atom. The molecule has 0 spiro atoms. The van der Waals surface area contributed by atoms with E-state index in [1.165, 1.54) is 12.8 Å². The molecule has 0 amide bonds. The van der Waals surface area contributed by atoms with Gasteiger partial charge in [0.1, 0.15) is 5.76 Å². The van der Waals surface area contributed by atoms with Gasteiger partial charge in [0, 0.05) is 18.6 Å². The van der Waals surface area contributed by atoms with Gasteiger partial charge >= 0.3 is 0 Å². The highest BCUT2D eigenvalue weighted by molar-refractivity contribution is 6.74. The second-order valence-corrected chi connectivity index (χ2v) is 12.7. The van der Waals surface area contributed by atoms with Crippen molar-refractivity contribution in [2.75, 3.05) is 6.61 Å². The maximum absolute atomic E-state index is 9.27. The zero-order chi connectivity index (χ0) is 15.7. The SMILES string of the molecule is CC(C)(C)[Si](C)(C)OCC1CCC(c2cc(O)no2)CC1. The van der Waals surface area contributed by atoms with Crippen LogP contribution >= 0.6 is 0 Å². The third kappa shape index (κ3) is 4.10. The van der Waals surface area contributed by atoms with Gasteiger partial charge in [-0.05, 0) is 54.9 Å². The first-order valence-electron chi connectivity index (χ1n) is 7.98. The van der Waals surface area contributed by atoms with E-state index in [4.69, 9.17) is 8.95 Å². The summed E-state index contributed by atoms with van der Waals surface area (Å²) in [6, 6.07) is 1.65. The molecule has 0 aliphatic heterocycles. The molecule has 0 unspecified atom stereocenters. The Kier molecular flexibility index (Phi) is 4.83. The highest BCUT2D eigenvalue weighted by Crippen LogP contribution is 2.40. The summed E-state index contributed by atoms with van der Waals surface area (Å²) in [6.07, 6.45) is 4.53. The van der Waals surface area contributed by atoms with Gasteiger partial charge in [-0.3, -0.25) is 0 Å². The molecule has 0 saturated heterocycles. The molecule has 1 fully saturated rings. The third-order valence-corrected chi connectivity index (χ3v) is 9.75. The van der Waals surface area contributed by atoms with Crippen molar-refractivity contribution in [3.05, 3.63) is 11.8 Å². The van der Waals surface area contributed by atoms with E-state index in [9.17, 15) is 5.11 Å². The standard InChI is InChI=1S/C16H29NO3Si/c1-16(2,3)21(4,5)19-11-12-6-8-13(9-7-12)14-10-15(18)17-20-14/h10,12-13H,6-9,11H2,1-5H3,(H,17,18). The lowest BCUT2D eigenvalue weighted by molar-refractivity contribution is 0.178. The molecule has 0 atom stereocenters. The Bertz CT molecular complexity index is 456. The van der Waals surface area contributed by atoms with E-state index in [0.717, 1.165) is 25.2 Å². The van der Waals surface area contributed by atoms with Crippen molar-refractivity contribution in [1.29, 1.82) is 0 Å². The Hall–Kier alpha value is -0.813. The molecule has 0 radical (unpaired) electrons. The Morgan fingerprint density at radius 1 is 1.29 bits per heavy atom. The molecule has 1 aliphatic rings. The summed E-state index contributed by atoms with van der Waals surface area (Å²) in [5, 5.41) is 13.1. The van der Waals surface area contributed by atoms with Gasteiger partial charge in [0.25, 0.3) is 5.88 Å². The molecule has 1 N–H and O–H groups in total. The average Bonchev–Trinajstić information content (AvgIpc) is 2.82. The maximum atomic E-state index is 9.27. The number of rotatable bonds is 4. The molecular formula is C16H29NO3Si. The van der Waals surface area contributed by atoms with Crippen LogP contribution in [0.4, 0.5) is 0 Å². The van der Waals surface area contributed by atoms with Gasteiger partial charge in [-0.25, -0.2) is 0 Å². The van der Waals surface area contributed by atoms with Gasteiger partial charge in [-0.1, -0.05) is 20.8 Å². The first-order chi connectivity index (χ1) is 9.69. The van der Waals surface area contributed by atoms with E-state index < -0.39 is 8.32 Å². The lowest BCUT2D eigenvalue weighted by atomic mass is 9.81. The van der Waals surface area contributed by atoms with Crippen molar-refractivity contribution in [2.24, 2.45) is 5.92 Å². The van der Waals surface area contributed by atoms with E-state index in [-0.39, 0.29) is 10.9 Å². The molecule has 1 aromatic heterocycles. The number of hydrogen-bond acceptors (Lipinski definition) is 4. The van der Waals surface area contributed by atoms with Gasteiger partial charge < -0.3 is 14.1 Å². The van der Waals surface area contributed by atoms with Crippen molar-refractivity contribution in [3.8, 4) is 5.88 Å². The lowest BCUT2D eigenvalue weighted by Gasteiger charge is -2.38. The molecule has 5 heteroatoms. The molecule has 1 aromatic rings. The Balaban J connectivity index is 1.80. The average molecular weight is 311 g/mol. The first kappa shape index (κ1) is 16.6. The second-order valence-electron chi connectivity index (χ2n) is 7.88. The quantitative estimate of drug-likeness (QED) is 0.821. The molecule has 0 bridgehead atoms. The van der Waals surface area contributed by atoms with Crippen LogP contribution in [0, 0.1) is 5.92 Å². The summed E-state index contributed by atoms with van der Waals surface area (Å²) in [6.45, 7) is 12.4. The normalized spacial score (nSPS) is 24.2. The van der Waals surface area contributed by atoms with E-state index in [0.29, 0.717) is 11.8 Å². The van der Waals surface area contributed by atoms with Gasteiger partial charge in [-0.2, -0.15) is 0 Å². The smallest absolute Gasteiger partial charge is 0.251 e. The zero-order valence-electron chi connectivity index (χ0n) is 14.0. The predicted octanol–water partition coefficient (Wildman–Crippen LogP) is 4.68. The van der Waals surface area contributed by atoms with Crippen molar-refractivity contribution in [3.63, 3.8) is 0 Å². The van der Waals surface area contributed by atoms with Crippen LogP contribution in [-0.2, 0) is 4.43 Å². The summed E-state index contributed by atoms with van der Waals surface area (Å²) in [5.74, 6) is 1.89. The maximum Gasteiger partial charge on any atom is 0.251 e. The molecule has 0 aromatic carbocycles. The molecule has 1 aliphatic carbocycles. The molecule has 1 saturated carbocycles. The highest BCUT2D eigenvalue weighted by atomic mass is 28.4. The molecular weight excluding hydrogens is 282 g/mol. The minimum Gasteiger partial charge on any atom is -0.491 e. The van der Waals surface area contributed by atoms with E-state index >= 15 is 0 Å². The summed E-state index contributed by atoms with van der Waals surface area (Å²) in [4.78, 5) is 0. The first-order valence-corrected chi connectivity index (χ1v) is 10.9. The van der Waals surface area contributed by atoms with Gasteiger partial charge in [0.15, 0.2) is 8.32 Å². The van der Waals surface area contributed by atoms with Crippen molar-refractivity contribution >= 4 is 8.32 Å². The number of aromatic nitrogens is 1. The van der Waals surface area contributed by atoms with Crippen LogP contribution in [0.15, 0.2) is 10.6 Å². The molecule has 2 rings (SSSR count). The lowest BCUT2D eigenvalue weighted by Crippen LogP contribution is -2.42. The fraction of sp³-hybridized carbons (Fsp3) is 0.812. The fourth-order valence-corrected chi connectivity index (χ4v) is 3.71. The topological polar surface area (TPSA) is 55.5 Å². The fourth-order valence-electron chi connectivity index (χ4n) is 2.63. The summed E-state index contributed by atoms with van der Waals surface area (Å²) >= 11 is 0. The van der Waals surface area contributed by atoms with Crippen LogP contribution in [0.5, 0.6) is 5.88 Å². The molecule has 1 heterocycles. The van der Waals surface area contributed by atoms with E-state index in [1.807, 2.05) is 0 Å².